The summed E-state index contributed by atoms with van der Waals surface area (Å²) in [6, 6.07) is 0. The summed E-state index contributed by atoms with van der Waals surface area (Å²) < 4.78 is 7.94. The summed E-state index contributed by atoms with van der Waals surface area (Å²) in [6.07, 6.45) is 2.37. The van der Waals surface area contributed by atoms with Gasteiger partial charge in [-0.2, -0.15) is 0 Å². The molecule has 0 N–H and O–H groups in total. The molecule has 56 valence electrons. The molecule has 0 aromatic carbocycles. The van der Waals surface area contributed by atoms with Crippen molar-refractivity contribution in [1.82, 2.24) is 0 Å². The van der Waals surface area contributed by atoms with E-state index in [1.165, 1.54) is 6.92 Å². The first kappa shape index (κ1) is 12.0. The highest BCUT2D eigenvalue weighted by Crippen LogP contribution is 1.90. The second kappa shape index (κ2) is 8.31. The first-order chi connectivity index (χ1) is 4.68. The Balaban J connectivity index is 0. The number of carboxylic acids is 1. The summed E-state index contributed by atoms with van der Waals surface area (Å²) in [7, 11) is 2.28. The van der Waals surface area contributed by atoms with E-state index in [1.54, 1.807) is 6.08 Å². The van der Waals surface area contributed by atoms with Crippen molar-refractivity contribution in [1.29, 1.82) is 0 Å². The number of aliphatic carboxylic acids is 1. The van der Waals surface area contributed by atoms with E-state index >= 15 is 0 Å². The molecular weight excluding hydrogens is 151 g/mol. The lowest BCUT2D eigenvalue weighted by Gasteiger charge is -1.97. The van der Waals surface area contributed by atoms with E-state index < -0.39 is 5.97 Å². The number of carboxylic acid groups (broad SMARTS) is 1. The molecule has 0 spiro atoms. The van der Waals surface area contributed by atoms with Crippen molar-refractivity contribution in [3.8, 4) is 0 Å². The highest BCUT2D eigenvalue weighted by atomic mass is 31.0. The first-order valence-corrected chi connectivity index (χ1v) is 3.11. The molecular formula is C6H9O3P. The van der Waals surface area contributed by atoms with Gasteiger partial charge >= 0.3 is 9.12 Å². The van der Waals surface area contributed by atoms with Gasteiger partial charge in [0.25, 0.3) is 0 Å². The quantitative estimate of drug-likeness (QED) is 0.444. The molecule has 3 nitrogen and oxygen atoms in total. The maximum absolute atomic E-state index is 9.91. The zero-order valence-electron chi connectivity index (χ0n) is 5.96. The minimum Gasteiger partial charge on any atom is -0.545 e. The highest BCUT2D eigenvalue weighted by Gasteiger charge is 1.83. The van der Waals surface area contributed by atoms with Crippen molar-refractivity contribution < 1.29 is 14.5 Å². The topological polar surface area (TPSA) is 57.2 Å². The van der Waals surface area contributed by atoms with Crippen LogP contribution in [0.2, 0.25) is 0 Å². The maximum Gasteiger partial charge on any atom is 0.954 e. The van der Waals surface area contributed by atoms with Gasteiger partial charge in [0.1, 0.15) is 0 Å². The molecule has 0 amide bonds. The lowest BCUT2D eigenvalue weighted by molar-refractivity contribution is -0.299. The molecule has 4 heteroatoms. The van der Waals surface area contributed by atoms with Crippen LogP contribution < -0.4 is 5.11 Å². The standard InChI is InChI=1S/C6H10O2.OP/c1-3-4-5(2)6(7)8;1-2/h4H,3H2,1-2H3,(H,7,8);/q;+1/p-1. The molecule has 0 rings (SSSR count). The lowest BCUT2D eigenvalue weighted by Crippen LogP contribution is -2.22. The predicted molar refractivity (Wildman–Crippen MR) is 36.7 cm³/mol. The van der Waals surface area contributed by atoms with Crippen molar-refractivity contribution in [3.63, 3.8) is 0 Å². The van der Waals surface area contributed by atoms with Crippen LogP contribution in [0.25, 0.3) is 0 Å². The van der Waals surface area contributed by atoms with Crippen LogP contribution in [-0.4, -0.2) is 5.97 Å². The third kappa shape index (κ3) is 7.31. The number of carbonyl (C=O) groups excluding carboxylic acids is 1. The summed E-state index contributed by atoms with van der Waals surface area (Å²) in [5.41, 5.74) is 0.313. The van der Waals surface area contributed by atoms with Crippen LogP contribution >= 0.6 is 9.12 Å². The van der Waals surface area contributed by atoms with Gasteiger partial charge < -0.3 is 9.90 Å². The molecule has 0 heterocycles. The molecule has 0 bridgehead atoms. The fraction of sp³-hybridized carbons (Fsp3) is 0.500. The van der Waals surface area contributed by atoms with Crippen LogP contribution in [-0.2, 0) is 9.36 Å². The van der Waals surface area contributed by atoms with Gasteiger partial charge in [0.15, 0.2) is 0 Å². The first-order valence-electron chi connectivity index (χ1n) is 2.74. The summed E-state index contributed by atoms with van der Waals surface area (Å²) in [6.45, 7) is 3.41. The fourth-order valence-corrected chi connectivity index (χ4v) is 0.390. The molecule has 0 saturated heterocycles. The summed E-state index contributed by atoms with van der Waals surface area (Å²) in [5.74, 6) is -1.08. The van der Waals surface area contributed by atoms with E-state index in [1.807, 2.05) is 6.92 Å². The van der Waals surface area contributed by atoms with E-state index in [0.29, 0.717) is 5.57 Å². The van der Waals surface area contributed by atoms with Gasteiger partial charge in [0, 0.05) is 4.57 Å². The average molecular weight is 160 g/mol. The SMILES string of the molecule is CCC=C(C)C(=O)[O-].O=[P+]. The minimum atomic E-state index is -1.08. The molecule has 0 fully saturated rings. The number of allylic oxidation sites excluding steroid dienone is 1. The van der Waals surface area contributed by atoms with Crippen molar-refractivity contribution >= 4 is 15.1 Å². The second-order valence-electron chi connectivity index (χ2n) is 1.58. The number of carbonyl (C=O) groups is 1. The third-order valence-corrected chi connectivity index (χ3v) is 0.832. The van der Waals surface area contributed by atoms with Gasteiger partial charge in [-0.3, -0.25) is 0 Å². The van der Waals surface area contributed by atoms with E-state index in [9.17, 15) is 9.90 Å². The number of rotatable bonds is 2. The van der Waals surface area contributed by atoms with E-state index in [2.05, 4.69) is 9.12 Å². The predicted octanol–water partition coefficient (Wildman–Crippen LogP) is 0.835. The van der Waals surface area contributed by atoms with Crippen LogP contribution in [0.15, 0.2) is 11.6 Å². The Kier molecular flexibility index (Phi) is 10.00. The van der Waals surface area contributed by atoms with Gasteiger partial charge in [0.05, 0.1) is 5.97 Å². The van der Waals surface area contributed by atoms with Crippen LogP contribution in [0.3, 0.4) is 0 Å². The lowest BCUT2D eigenvalue weighted by atomic mass is 10.2. The highest BCUT2D eigenvalue weighted by molar-refractivity contribution is 7.00. The van der Waals surface area contributed by atoms with Crippen molar-refractivity contribution in [2.75, 3.05) is 0 Å². The van der Waals surface area contributed by atoms with E-state index in [-0.39, 0.29) is 0 Å². The van der Waals surface area contributed by atoms with Crippen molar-refractivity contribution in [2.45, 2.75) is 20.3 Å². The normalized spacial score (nSPS) is 9.60. The van der Waals surface area contributed by atoms with Gasteiger partial charge in [-0.05, 0) is 18.9 Å². The monoisotopic (exact) mass is 160 g/mol. The third-order valence-electron chi connectivity index (χ3n) is 0.832. The zero-order valence-corrected chi connectivity index (χ0v) is 6.85. The molecule has 0 aliphatic carbocycles. The van der Waals surface area contributed by atoms with E-state index in [4.69, 9.17) is 4.57 Å². The molecule has 0 saturated carbocycles. The molecule has 0 aliphatic heterocycles. The molecule has 0 atom stereocenters. The molecule has 0 aromatic heterocycles. The van der Waals surface area contributed by atoms with Crippen molar-refractivity contribution in [3.05, 3.63) is 11.6 Å². The van der Waals surface area contributed by atoms with Crippen LogP contribution in [0.4, 0.5) is 0 Å². The van der Waals surface area contributed by atoms with Crippen molar-refractivity contribution in [2.24, 2.45) is 0 Å². The zero-order chi connectivity index (χ0) is 8.57. The molecule has 0 aliphatic rings. The Morgan fingerprint density at radius 3 is 2.10 bits per heavy atom. The largest absolute Gasteiger partial charge is 0.954 e. The fourth-order valence-electron chi connectivity index (χ4n) is 0.390. The van der Waals surface area contributed by atoms with Crippen LogP contribution in [0, 0.1) is 0 Å². The Labute approximate surface area is 62.4 Å². The molecule has 10 heavy (non-hydrogen) atoms. The van der Waals surface area contributed by atoms with Gasteiger partial charge in [0.2, 0.25) is 0 Å². The van der Waals surface area contributed by atoms with Gasteiger partial charge in [-0.1, -0.05) is 13.0 Å². The smallest absolute Gasteiger partial charge is 0.545 e. The van der Waals surface area contributed by atoms with E-state index in [0.717, 1.165) is 6.42 Å². The Morgan fingerprint density at radius 1 is 1.60 bits per heavy atom. The van der Waals surface area contributed by atoms with Gasteiger partial charge in [-0.15, -0.1) is 0 Å². The Bertz CT molecular complexity index is 131. The molecule has 2 radical (unpaired) electrons. The molecule has 0 unspecified atom stereocenters. The Hall–Kier alpha value is -0.690. The summed E-state index contributed by atoms with van der Waals surface area (Å²) in [5, 5.41) is 9.91. The second-order valence-corrected chi connectivity index (χ2v) is 1.58. The number of hydrogen-bond acceptors (Lipinski definition) is 3. The van der Waals surface area contributed by atoms with Crippen LogP contribution in [0.1, 0.15) is 20.3 Å². The summed E-state index contributed by atoms with van der Waals surface area (Å²) in [4.78, 5) is 9.91. The molecule has 0 aromatic rings. The van der Waals surface area contributed by atoms with Gasteiger partial charge in [-0.25, -0.2) is 0 Å². The Morgan fingerprint density at radius 2 is 2.00 bits per heavy atom. The average Bonchev–Trinajstić information content (AvgIpc) is 1.93. The minimum absolute atomic E-state index is 0.313. The van der Waals surface area contributed by atoms with Crippen LogP contribution in [0.5, 0.6) is 0 Å². The number of hydrogen-bond donors (Lipinski definition) is 0. The maximum atomic E-state index is 9.91. The summed E-state index contributed by atoms with van der Waals surface area (Å²) >= 11 is 0.